The molecule has 0 amide bonds. The van der Waals surface area contributed by atoms with Gasteiger partial charge in [-0.15, -0.1) is 0 Å². The summed E-state index contributed by atoms with van der Waals surface area (Å²) in [5.74, 6) is 0. The Hall–Kier alpha value is -0.870. The van der Waals surface area contributed by atoms with Gasteiger partial charge < -0.3 is 14.8 Å². The first kappa shape index (κ1) is 13.6. The van der Waals surface area contributed by atoms with E-state index in [0.29, 0.717) is 6.04 Å². The summed E-state index contributed by atoms with van der Waals surface area (Å²) < 4.78 is 2.16. The molecule has 1 N–H and O–H groups in total. The standard InChI is InChI=1S/C14H26N4/c1-2-17(12-14-6-3-4-7-16-14)9-5-10-18-11-8-15-13-18/h8,11,13-14,16H,2-7,9-10,12H2,1H3. The first-order valence-corrected chi connectivity index (χ1v) is 7.30. The number of piperidine rings is 1. The predicted octanol–water partition coefficient (Wildman–Crippen LogP) is 1.74. The van der Waals surface area contributed by atoms with E-state index in [2.05, 4.69) is 26.7 Å². The molecular formula is C14H26N4. The highest BCUT2D eigenvalue weighted by Gasteiger charge is 2.15. The predicted molar refractivity (Wildman–Crippen MR) is 74.6 cm³/mol. The van der Waals surface area contributed by atoms with E-state index in [1.165, 1.54) is 45.3 Å². The highest BCUT2D eigenvalue weighted by Crippen LogP contribution is 2.08. The van der Waals surface area contributed by atoms with Crippen molar-refractivity contribution in [2.24, 2.45) is 0 Å². The van der Waals surface area contributed by atoms with Crippen molar-refractivity contribution in [3.63, 3.8) is 0 Å². The monoisotopic (exact) mass is 250 g/mol. The van der Waals surface area contributed by atoms with Crippen LogP contribution in [0.15, 0.2) is 18.7 Å². The molecule has 4 heteroatoms. The number of nitrogens with zero attached hydrogens (tertiary/aromatic N) is 3. The molecule has 2 heterocycles. The van der Waals surface area contributed by atoms with Crippen molar-refractivity contribution in [1.29, 1.82) is 0 Å². The lowest BCUT2D eigenvalue weighted by molar-refractivity contribution is 0.228. The minimum absolute atomic E-state index is 0.715. The van der Waals surface area contributed by atoms with Gasteiger partial charge in [0.05, 0.1) is 6.33 Å². The Morgan fingerprint density at radius 3 is 3.06 bits per heavy atom. The number of rotatable bonds is 7. The van der Waals surface area contributed by atoms with Gasteiger partial charge in [0.15, 0.2) is 0 Å². The Labute approximate surface area is 110 Å². The zero-order valence-electron chi connectivity index (χ0n) is 11.5. The van der Waals surface area contributed by atoms with Crippen LogP contribution in [-0.4, -0.2) is 46.7 Å². The molecule has 1 saturated heterocycles. The second kappa shape index (κ2) is 7.54. The Bertz CT molecular complexity index is 304. The maximum Gasteiger partial charge on any atom is 0.0945 e. The van der Waals surface area contributed by atoms with E-state index in [4.69, 9.17) is 0 Å². The second-order valence-corrected chi connectivity index (χ2v) is 5.19. The van der Waals surface area contributed by atoms with Crippen LogP contribution in [0.5, 0.6) is 0 Å². The van der Waals surface area contributed by atoms with Gasteiger partial charge in [0, 0.05) is 31.5 Å². The van der Waals surface area contributed by atoms with Crippen molar-refractivity contribution >= 4 is 0 Å². The van der Waals surface area contributed by atoms with E-state index in [-0.39, 0.29) is 0 Å². The molecule has 0 saturated carbocycles. The number of aryl methyl sites for hydroxylation is 1. The fourth-order valence-electron chi connectivity index (χ4n) is 2.67. The van der Waals surface area contributed by atoms with E-state index < -0.39 is 0 Å². The maximum absolute atomic E-state index is 4.07. The van der Waals surface area contributed by atoms with E-state index in [1.807, 2.05) is 18.7 Å². The van der Waals surface area contributed by atoms with Crippen LogP contribution >= 0.6 is 0 Å². The largest absolute Gasteiger partial charge is 0.337 e. The Balaban J connectivity index is 1.65. The van der Waals surface area contributed by atoms with Crippen LogP contribution in [0.2, 0.25) is 0 Å². The Kier molecular flexibility index (Phi) is 5.68. The number of aromatic nitrogens is 2. The van der Waals surface area contributed by atoms with Crippen molar-refractivity contribution in [1.82, 2.24) is 19.8 Å². The zero-order valence-corrected chi connectivity index (χ0v) is 11.5. The van der Waals surface area contributed by atoms with E-state index in [0.717, 1.165) is 13.1 Å². The van der Waals surface area contributed by atoms with Crippen molar-refractivity contribution in [2.75, 3.05) is 26.2 Å². The summed E-state index contributed by atoms with van der Waals surface area (Å²) in [5, 5.41) is 3.63. The van der Waals surface area contributed by atoms with Gasteiger partial charge in [-0.3, -0.25) is 0 Å². The molecule has 1 aromatic rings. The third-order valence-corrected chi connectivity index (χ3v) is 3.79. The van der Waals surface area contributed by atoms with Crippen molar-refractivity contribution < 1.29 is 0 Å². The molecule has 0 aliphatic carbocycles. The van der Waals surface area contributed by atoms with Crippen LogP contribution in [-0.2, 0) is 6.54 Å². The Morgan fingerprint density at radius 1 is 1.44 bits per heavy atom. The quantitative estimate of drug-likeness (QED) is 0.800. The average molecular weight is 250 g/mol. The Morgan fingerprint density at radius 2 is 2.39 bits per heavy atom. The number of hydrogen-bond donors (Lipinski definition) is 1. The first-order valence-electron chi connectivity index (χ1n) is 7.30. The van der Waals surface area contributed by atoms with Gasteiger partial charge in [-0.2, -0.15) is 0 Å². The van der Waals surface area contributed by atoms with Gasteiger partial charge in [-0.25, -0.2) is 4.98 Å². The minimum Gasteiger partial charge on any atom is -0.337 e. The van der Waals surface area contributed by atoms with E-state index in [1.54, 1.807) is 0 Å². The summed E-state index contributed by atoms with van der Waals surface area (Å²) in [6, 6.07) is 0.715. The molecular weight excluding hydrogens is 224 g/mol. The summed E-state index contributed by atoms with van der Waals surface area (Å²) in [6.45, 7) is 8.10. The fraction of sp³-hybridized carbons (Fsp3) is 0.786. The topological polar surface area (TPSA) is 33.1 Å². The van der Waals surface area contributed by atoms with Gasteiger partial charge >= 0.3 is 0 Å². The van der Waals surface area contributed by atoms with Crippen LogP contribution < -0.4 is 5.32 Å². The van der Waals surface area contributed by atoms with E-state index in [9.17, 15) is 0 Å². The smallest absolute Gasteiger partial charge is 0.0945 e. The van der Waals surface area contributed by atoms with Gasteiger partial charge in [0.1, 0.15) is 0 Å². The van der Waals surface area contributed by atoms with Gasteiger partial charge in [0.2, 0.25) is 0 Å². The molecule has 1 aromatic heterocycles. The first-order chi connectivity index (χ1) is 8.88. The number of imidazole rings is 1. The molecule has 1 fully saturated rings. The molecule has 0 radical (unpaired) electrons. The fourth-order valence-corrected chi connectivity index (χ4v) is 2.67. The summed E-state index contributed by atoms with van der Waals surface area (Å²) >= 11 is 0. The van der Waals surface area contributed by atoms with Crippen LogP contribution in [0, 0.1) is 0 Å². The van der Waals surface area contributed by atoms with Crippen molar-refractivity contribution in [3.05, 3.63) is 18.7 Å². The number of likely N-dealkylation sites (N-methyl/N-ethyl adjacent to an activating group) is 1. The lowest BCUT2D eigenvalue weighted by Gasteiger charge is -2.29. The molecule has 1 aliphatic rings. The normalized spacial score (nSPS) is 20.4. The van der Waals surface area contributed by atoms with Crippen molar-refractivity contribution in [2.45, 2.75) is 45.2 Å². The third-order valence-electron chi connectivity index (χ3n) is 3.79. The van der Waals surface area contributed by atoms with Crippen molar-refractivity contribution in [3.8, 4) is 0 Å². The molecule has 2 rings (SSSR count). The summed E-state index contributed by atoms with van der Waals surface area (Å²) in [6.07, 6.45) is 11.1. The van der Waals surface area contributed by atoms with Crippen LogP contribution in [0.25, 0.3) is 0 Å². The molecule has 1 unspecified atom stereocenters. The molecule has 1 atom stereocenters. The third kappa shape index (κ3) is 4.42. The average Bonchev–Trinajstić information content (AvgIpc) is 2.92. The lowest BCUT2D eigenvalue weighted by Crippen LogP contribution is -2.44. The zero-order chi connectivity index (χ0) is 12.6. The highest BCUT2D eigenvalue weighted by molar-refractivity contribution is 4.77. The highest BCUT2D eigenvalue weighted by atomic mass is 15.1. The number of nitrogens with one attached hydrogen (secondary N) is 1. The van der Waals surface area contributed by atoms with Crippen LogP contribution in [0.4, 0.5) is 0 Å². The summed E-state index contributed by atoms with van der Waals surface area (Å²) in [7, 11) is 0. The molecule has 4 nitrogen and oxygen atoms in total. The number of hydrogen-bond acceptors (Lipinski definition) is 3. The molecule has 1 aliphatic heterocycles. The molecule has 0 spiro atoms. The maximum atomic E-state index is 4.07. The van der Waals surface area contributed by atoms with Gasteiger partial charge in [0.25, 0.3) is 0 Å². The molecule has 0 aromatic carbocycles. The summed E-state index contributed by atoms with van der Waals surface area (Å²) in [4.78, 5) is 6.64. The SMILES string of the molecule is CCN(CCCn1ccnc1)CC1CCCCN1. The van der Waals surface area contributed by atoms with Crippen LogP contribution in [0.3, 0.4) is 0 Å². The van der Waals surface area contributed by atoms with E-state index >= 15 is 0 Å². The summed E-state index contributed by atoms with van der Waals surface area (Å²) in [5.41, 5.74) is 0. The molecule has 18 heavy (non-hydrogen) atoms. The van der Waals surface area contributed by atoms with Gasteiger partial charge in [-0.05, 0) is 38.9 Å². The van der Waals surface area contributed by atoms with Gasteiger partial charge in [-0.1, -0.05) is 13.3 Å². The molecule has 102 valence electrons. The lowest BCUT2D eigenvalue weighted by atomic mass is 10.0. The molecule has 0 bridgehead atoms. The van der Waals surface area contributed by atoms with Crippen LogP contribution in [0.1, 0.15) is 32.6 Å². The minimum atomic E-state index is 0.715. The second-order valence-electron chi connectivity index (χ2n) is 5.19.